The first-order valence-corrected chi connectivity index (χ1v) is 6.15. The van der Waals surface area contributed by atoms with E-state index in [0.29, 0.717) is 6.04 Å². The van der Waals surface area contributed by atoms with Crippen molar-refractivity contribution >= 4 is 0 Å². The van der Waals surface area contributed by atoms with Crippen molar-refractivity contribution in [3.8, 4) is 0 Å². The lowest BCUT2D eigenvalue weighted by molar-refractivity contribution is -0.0347. The molecule has 1 unspecified atom stereocenters. The molecule has 1 saturated heterocycles. The van der Waals surface area contributed by atoms with Crippen molar-refractivity contribution < 1.29 is 4.74 Å². The molecule has 2 nitrogen and oxygen atoms in total. The van der Waals surface area contributed by atoms with Crippen LogP contribution in [0.2, 0.25) is 0 Å². The van der Waals surface area contributed by atoms with E-state index in [1.807, 2.05) is 0 Å². The van der Waals surface area contributed by atoms with Crippen LogP contribution in [0.1, 0.15) is 41.0 Å². The molecule has 90 valence electrons. The van der Waals surface area contributed by atoms with Gasteiger partial charge in [0.05, 0.1) is 12.2 Å². The zero-order chi connectivity index (χ0) is 11.6. The maximum atomic E-state index is 5.92. The van der Waals surface area contributed by atoms with E-state index in [9.17, 15) is 0 Å². The highest BCUT2D eigenvalue weighted by molar-refractivity contribution is 4.87. The van der Waals surface area contributed by atoms with Crippen molar-refractivity contribution in [1.82, 2.24) is 4.90 Å². The molecular formula is C13H27NO. The molecule has 2 heteroatoms. The smallest absolute Gasteiger partial charge is 0.0631 e. The molecule has 0 amide bonds. The predicted octanol–water partition coefficient (Wildman–Crippen LogP) is 2.78. The van der Waals surface area contributed by atoms with Crippen LogP contribution in [-0.2, 0) is 4.74 Å². The van der Waals surface area contributed by atoms with E-state index in [-0.39, 0.29) is 5.60 Å². The van der Waals surface area contributed by atoms with E-state index in [1.54, 1.807) is 0 Å². The van der Waals surface area contributed by atoms with E-state index < -0.39 is 0 Å². The van der Waals surface area contributed by atoms with Crippen LogP contribution in [0.3, 0.4) is 0 Å². The Bertz CT molecular complexity index is 195. The van der Waals surface area contributed by atoms with Crippen molar-refractivity contribution in [2.75, 3.05) is 20.2 Å². The van der Waals surface area contributed by atoms with Gasteiger partial charge in [-0.2, -0.15) is 0 Å². The first-order chi connectivity index (χ1) is 6.81. The van der Waals surface area contributed by atoms with Gasteiger partial charge in [-0.15, -0.1) is 0 Å². The predicted molar refractivity (Wildman–Crippen MR) is 65.1 cm³/mol. The van der Waals surface area contributed by atoms with Gasteiger partial charge in [0.25, 0.3) is 0 Å². The Kier molecular flexibility index (Phi) is 4.19. The van der Waals surface area contributed by atoms with Gasteiger partial charge in [-0.3, -0.25) is 0 Å². The second-order valence-electron chi connectivity index (χ2n) is 6.17. The topological polar surface area (TPSA) is 12.5 Å². The van der Waals surface area contributed by atoms with Crippen molar-refractivity contribution in [1.29, 1.82) is 0 Å². The molecule has 0 aliphatic carbocycles. The van der Waals surface area contributed by atoms with Crippen molar-refractivity contribution in [3.63, 3.8) is 0 Å². The minimum atomic E-state index is -0.00897. The fraction of sp³-hybridized carbons (Fsp3) is 1.00. The Hall–Kier alpha value is -0.0800. The lowest BCUT2D eigenvalue weighted by atomic mass is 9.89. The summed E-state index contributed by atoms with van der Waals surface area (Å²) >= 11 is 0. The Morgan fingerprint density at radius 2 is 1.93 bits per heavy atom. The fourth-order valence-corrected chi connectivity index (χ4v) is 2.40. The van der Waals surface area contributed by atoms with Gasteiger partial charge in [-0.1, -0.05) is 13.8 Å². The summed E-state index contributed by atoms with van der Waals surface area (Å²) in [6, 6.07) is 0.615. The lowest BCUT2D eigenvalue weighted by Crippen LogP contribution is -2.38. The summed E-state index contributed by atoms with van der Waals surface area (Å²) in [6.07, 6.45) is 1.33. The summed E-state index contributed by atoms with van der Waals surface area (Å²) in [5.41, 5.74) is -0.00897. The molecule has 15 heavy (non-hydrogen) atoms. The summed E-state index contributed by atoms with van der Waals surface area (Å²) in [5, 5.41) is 0. The molecule has 0 saturated carbocycles. The Balaban J connectivity index is 2.50. The molecule has 0 radical (unpaired) electrons. The minimum absolute atomic E-state index is 0.00897. The number of hydrogen-bond donors (Lipinski definition) is 0. The molecule has 1 fully saturated rings. The second kappa shape index (κ2) is 4.84. The van der Waals surface area contributed by atoms with E-state index >= 15 is 0 Å². The van der Waals surface area contributed by atoms with Crippen LogP contribution in [-0.4, -0.2) is 36.7 Å². The van der Waals surface area contributed by atoms with Crippen LogP contribution in [0.5, 0.6) is 0 Å². The molecular weight excluding hydrogens is 186 g/mol. The molecule has 0 aromatic carbocycles. The van der Waals surface area contributed by atoms with Crippen LogP contribution in [0, 0.1) is 11.8 Å². The highest BCUT2D eigenvalue weighted by atomic mass is 16.5. The van der Waals surface area contributed by atoms with Crippen LogP contribution in [0.4, 0.5) is 0 Å². The van der Waals surface area contributed by atoms with Crippen molar-refractivity contribution in [2.45, 2.75) is 52.7 Å². The SMILES string of the molecule is CC(C)C1CCN(C)[C@@H]1COC(C)(C)C. The molecule has 0 spiro atoms. The number of ether oxygens (including phenoxy) is 1. The van der Waals surface area contributed by atoms with Gasteiger partial charge in [-0.05, 0) is 52.6 Å². The molecule has 1 heterocycles. The molecule has 0 aromatic heterocycles. The maximum absolute atomic E-state index is 5.92. The Morgan fingerprint density at radius 3 is 2.40 bits per heavy atom. The zero-order valence-electron chi connectivity index (χ0n) is 11.2. The van der Waals surface area contributed by atoms with E-state index in [2.05, 4.69) is 46.6 Å². The van der Waals surface area contributed by atoms with Crippen LogP contribution in [0.15, 0.2) is 0 Å². The summed E-state index contributed by atoms with van der Waals surface area (Å²) < 4.78 is 5.92. The first kappa shape index (κ1) is 13.0. The Labute approximate surface area is 95.0 Å². The van der Waals surface area contributed by atoms with Gasteiger partial charge < -0.3 is 9.64 Å². The van der Waals surface area contributed by atoms with E-state index in [0.717, 1.165) is 18.4 Å². The number of likely N-dealkylation sites (N-methyl/N-ethyl adjacent to an activating group) is 1. The zero-order valence-corrected chi connectivity index (χ0v) is 11.2. The minimum Gasteiger partial charge on any atom is -0.374 e. The third-order valence-corrected chi connectivity index (χ3v) is 3.42. The third kappa shape index (κ3) is 3.76. The fourth-order valence-electron chi connectivity index (χ4n) is 2.40. The molecule has 0 N–H and O–H groups in total. The summed E-state index contributed by atoms with van der Waals surface area (Å²) in [7, 11) is 2.22. The standard InChI is InChI=1S/C13H27NO/c1-10(2)11-7-8-14(6)12(11)9-15-13(3,4)5/h10-12H,7-9H2,1-6H3/t11?,12-/m1/s1. The largest absolute Gasteiger partial charge is 0.374 e. The van der Waals surface area contributed by atoms with Crippen molar-refractivity contribution in [2.24, 2.45) is 11.8 Å². The van der Waals surface area contributed by atoms with Gasteiger partial charge in [0.1, 0.15) is 0 Å². The number of rotatable bonds is 3. The Morgan fingerprint density at radius 1 is 1.33 bits per heavy atom. The average Bonchev–Trinajstić information content (AvgIpc) is 2.42. The third-order valence-electron chi connectivity index (χ3n) is 3.42. The van der Waals surface area contributed by atoms with Gasteiger partial charge in [0.2, 0.25) is 0 Å². The molecule has 1 aliphatic rings. The lowest BCUT2D eigenvalue weighted by Gasteiger charge is -2.30. The van der Waals surface area contributed by atoms with Gasteiger partial charge in [0.15, 0.2) is 0 Å². The molecule has 1 rings (SSSR count). The summed E-state index contributed by atoms with van der Waals surface area (Å²) in [6.45, 7) is 13.1. The quantitative estimate of drug-likeness (QED) is 0.715. The average molecular weight is 213 g/mol. The van der Waals surface area contributed by atoms with Crippen LogP contribution < -0.4 is 0 Å². The molecule has 0 bridgehead atoms. The van der Waals surface area contributed by atoms with Crippen LogP contribution >= 0.6 is 0 Å². The summed E-state index contributed by atoms with van der Waals surface area (Å²) in [4.78, 5) is 2.45. The van der Waals surface area contributed by atoms with Gasteiger partial charge >= 0.3 is 0 Å². The van der Waals surface area contributed by atoms with E-state index in [4.69, 9.17) is 4.74 Å². The summed E-state index contributed by atoms with van der Waals surface area (Å²) in [5.74, 6) is 1.57. The second-order valence-corrected chi connectivity index (χ2v) is 6.17. The monoisotopic (exact) mass is 213 g/mol. The van der Waals surface area contributed by atoms with E-state index in [1.165, 1.54) is 13.0 Å². The maximum Gasteiger partial charge on any atom is 0.0631 e. The molecule has 1 aliphatic heterocycles. The van der Waals surface area contributed by atoms with Gasteiger partial charge in [-0.25, -0.2) is 0 Å². The highest BCUT2D eigenvalue weighted by Crippen LogP contribution is 2.30. The number of nitrogens with zero attached hydrogens (tertiary/aromatic N) is 1. The normalized spacial score (nSPS) is 29.0. The van der Waals surface area contributed by atoms with Crippen molar-refractivity contribution in [3.05, 3.63) is 0 Å². The van der Waals surface area contributed by atoms with Gasteiger partial charge in [0, 0.05) is 6.04 Å². The number of likely N-dealkylation sites (tertiary alicyclic amines) is 1. The van der Waals surface area contributed by atoms with Crippen LogP contribution in [0.25, 0.3) is 0 Å². The molecule has 0 aromatic rings. The highest BCUT2D eigenvalue weighted by Gasteiger charge is 2.34. The first-order valence-electron chi connectivity index (χ1n) is 6.15. The molecule has 2 atom stereocenters. The number of hydrogen-bond acceptors (Lipinski definition) is 2.